The normalized spacial score (nSPS) is 17.0. The van der Waals surface area contributed by atoms with E-state index in [1.807, 2.05) is 0 Å². The summed E-state index contributed by atoms with van der Waals surface area (Å²) in [6.07, 6.45) is 3.78. The molecule has 2 N–H and O–H groups in total. The van der Waals surface area contributed by atoms with Crippen LogP contribution in [-0.2, 0) is 11.3 Å². The summed E-state index contributed by atoms with van der Waals surface area (Å²) in [6.45, 7) is 0.670. The van der Waals surface area contributed by atoms with Crippen molar-refractivity contribution in [2.24, 2.45) is 0 Å². The number of aromatic hydroxyl groups is 1. The number of piperidine rings is 1. The number of nitrogens with zero attached hydrogens (tertiary/aromatic N) is 1. The van der Waals surface area contributed by atoms with Crippen LogP contribution in [0.4, 0.5) is 0 Å². The van der Waals surface area contributed by atoms with Gasteiger partial charge in [0.15, 0.2) is 17.3 Å². The van der Waals surface area contributed by atoms with Gasteiger partial charge in [-0.1, -0.05) is 12.1 Å². The maximum Gasteiger partial charge on any atom is 0.290 e. The van der Waals surface area contributed by atoms with E-state index in [1.54, 1.807) is 35.2 Å². The highest BCUT2D eigenvalue weighted by Crippen LogP contribution is 2.29. The third kappa shape index (κ3) is 3.66. The number of carbonyl (C=O) groups excluding carboxylic acids is 2. The average molecular weight is 358 g/mol. The van der Waals surface area contributed by atoms with Gasteiger partial charge in [-0.05, 0) is 37.5 Å². The molecule has 1 aliphatic rings. The third-order valence-corrected chi connectivity index (χ3v) is 4.55. The van der Waals surface area contributed by atoms with E-state index in [1.165, 1.54) is 13.4 Å². The predicted molar refractivity (Wildman–Crippen MR) is 93.9 cm³/mol. The molecular weight excluding hydrogens is 336 g/mol. The first-order valence-electron chi connectivity index (χ1n) is 8.59. The van der Waals surface area contributed by atoms with E-state index in [-0.39, 0.29) is 29.9 Å². The zero-order valence-electron chi connectivity index (χ0n) is 14.6. The molecule has 1 fully saturated rings. The van der Waals surface area contributed by atoms with Crippen LogP contribution >= 0.6 is 0 Å². The van der Waals surface area contributed by atoms with Crippen LogP contribution in [0.15, 0.2) is 41.0 Å². The van der Waals surface area contributed by atoms with Crippen LogP contribution in [0.1, 0.15) is 35.4 Å². The van der Waals surface area contributed by atoms with Crippen molar-refractivity contribution in [2.75, 3.05) is 13.7 Å². The number of benzene rings is 1. The van der Waals surface area contributed by atoms with E-state index < -0.39 is 6.04 Å². The molecule has 1 aromatic heterocycles. The number of carbonyl (C=O) groups is 2. The quantitative estimate of drug-likeness (QED) is 0.856. The number of phenols is 1. The molecule has 0 aliphatic carbocycles. The summed E-state index contributed by atoms with van der Waals surface area (Å²) in [5.74, 6) is 0.0625. The van der Waals surface area contributed by atoms with Gasteiger partial charge in [-0.2, -0.15) is 0 Å². The first-order valence-corrected chi connectivity index (χ1v) is 8.59. The predicted octanol–water partition coefficient (Wildman–Crippen LogP) is 2.30. The number of amides is 2. The van der Waals surface area contributed by atoms with Crippen LogP contribution < -0.4 is 10.1 Å². The SMILES string of the molecule is COc1cccc(CNC(=O)C2CCCCN2C(=O)c2ccco2)c1O. The Bertz CT molecular complexity index is 772. The number of nitrogens with one attached hydrogen (secondary N) is 1. The molecule has 2 amide bonds. The first-order chi connectivity index (χ1) is 12.6. The molecule has 7 heteroatoms. The maximum absolute atomic E-state index is 12.7. The van der Waals surface area contributed by atoms with Crippen LogP contribution in [-0.4, -0.2) is 41.5 Å². The smallest absolute Gasteiger partial charge is 0.290 e. The number of rotatable bonds is 5. The maximum atomic E-state index is 12.7. The van der Waals surface area contributed by atoms with Crippen LogP contribution in [0.5, 0.6) is 11.5 Å². The zero-order chi connectivity index (χ0) is 18.5. The second kappa shape index (κ2) is 7.95. The highest BCUT2D eigenvalue weighted by Gasteiger charge is 2.33. The molecule has 2 aromatic rings. The van der Waals surface area contributed by atoms with E-state index in [0.717, 1.165) is 12.8 Å². The van der Waals surface area contributed by atoms with E-state index in [2.05, 4.69) is 5.32 Å². The lowest BCUT2D eigenvalue weighted by Crippen LogP contribution is -2.51. The molecule has 1 aliphatic heterocycles. The fraction of sp³-hybridized carbons (Fsp3) is 0.368. The number of ether oxygens (including phenoxy) is 1. The average Bonchev–Trinajstić information content (AvgIpc) is 3.21. The molecule has 1 aromatic carbocycles. The van der Waals surface area contributed by atoms with E-state index in [9.17, 15) is 14.7 Å². The lowest BCUT2D eigenvalue weighted by Gasteiger charge is -2.34. The van der Waals surface area contributed by atoms with Crippen molar-refractivity contribution in [1.82, 2.24) is 10.2 Å². The van der Waals surface area contributed by atoms with E-state index >= 15 is 0 Å². The Morgan fingerprint density at radius 1 is 1.31 bits per heavy atom. The lowest BCUT2D eigenvalue weighted by atomic mass is 10.0. The molecule has 138 valence electrons. The number of likely N-dealkylation sites (tertiary alicyclic amines) is 1. The topological polar surface area (TPSA) is 92.0 Å². The van der Waals surface area contributed by atoms with Gasteiger partial charge in [0, 0.05) is 18.7 Å². The highest BCUT2D eigenvalue weighted by atomic mass is 16.5. The van der Waals surface area contributed by atoms with Crippen molar-refractivity contribution in [2.45, 2.75) is 31.8 Å². The minimum absolute atomic E-state index is 0.00228. The van der Waals surface area contributed by atoms with E-state index in [0.29, 0.717) is 24.3 Å². The fourth-order valence-electron chi connectivity index (χ4n) is 3.16. The van der Waals surface area contributed by atoms with Gasteiger partial charge in [0.2, 0.25) is 5.91 Å². The van der Waals surface area contributed by atoms with Gasteiger partial charge >= 0.3 is 0 Å². The molecule has 1 atom stereocenters. The Labute approximate surface area is 151 Å². The molecule has 3 rings (SSSR count). The number of para-hydroxylation sites is 1. The Morgan fingerprint density at radius 2 is 2.15 bits per heavy atom. The first kappa shape index (κ1) is 17.8. The van der Waals surface area contributed by atoms with Crippen molar-refractivity contribution in [1.29, 1.82) is 0 Å². The van der Waals surface area contributed by atoms with Crippen molar-refractivity contribution >= 4 is 11.8 Å². The molecule has 2 heterocycles. The molecule has 0 bridgehead atoms. The number of phenolic OH excluding ortho intramolecular Hbond substituents is 1. The molecule has 0 saturated carbocycles. The van der Waals surface area contributed by atoms with Crippen LogP contribution in [0, 0.1) is 0 Å². The van der Waals surface area contributed by atoms with E-state index in [4.69, 9.17) is 9.15 Å². The molecule has 0 spiro atoms. The number of hydrogen-bond donors (Lipinski definition) is 2. The van der Waals surface area contributed by atoms with Crippen molar-refractivity contribution < 1.29 is 23.8 Å². The summed E-state index contributed by atoms with van der Waals surface area (Å²) < 4.78 is 10.2. The number of furan rings is 1. The van der Waals surface area contributed by atoms with Crippen molar-refractivity contribution in [3.8, 4) is 11.5 Å². The number of hydrogen-bond acceptors (Lipinski definition) is 5. The fourth-order valence-corrected chi connectivity index (χ4v) is 3.16. The van der Waals surface area contributed by atoms with Gasteiger partial charge in [0.1, 0.15) is 6.04 Å². The van der Waals surface area contributed by atoms with Crippen LogP contribution in [0.3, 0.4) is 0 Å². The summed E-state index contributed by atoms with van der Waals surface area (Å²) in [4.78, 5) is 26.8. The minimum Gasteiger partial charge on any atom is -0.504 e. The number of methoxy groups -OCH3 is 1. The largest absolute Gasteiger partial charge is 0.504 e. The summed E-state index contributed by atoms with van der Waals surface area (Å²) in [5.41, 5.74) is 0.553. The monoisotopic (exact) mass is 358 g/mol. The van der Waals surface area contributed by atoms with Gasteiger partial charge in [-0.25, -0.2) is 0 Å². The van der Waals surface area contributed by atoms with Gasteiger partial charge in [-0.15, -0.1) is 0 Å². The Morgan fingerprint density at radius 3 is 2.88 bits per heavy atom. The van der Waals surface area contributed by atoms with Crippen molar-refractivity contribution in [3.63, 3.8) is 0 Å². The van der Waals surface area contributed by atoms with Gasteiger partial charge in [0.25, 0.3) is 5.91 Å². The molecule has 26 heavy (non-hydrogen) atoms. The second-order valence-corrected chi connectivity index (χ2v) is 6.17. The van der Waals surface area contributed by atoms with Crippen LogP contribution in [0.2, 0.25) is 0 Å². The molecular formula is C19H22N2O5. The van der Waals surface area contributed by atoms with Gasteiger partial charge in [0.05, 0.1) is 13.4 Å². The zero-order valence-corrected chi connectivity index (χ0v) is 14.6. The minimum atomic E-state index is -0.547. The summed E-state index contributed by atoms with van der Waals surface area (Å²) >= 11 is 0. The Kier molecular flexibility index (Phi) is 5.46. The molecule has 0 radical (unpaired) electrons. The van der Waals surface area contributed by atoms with Gasteiger partial charge < -0.3 is 24.5 Å². The highest BCUT2D eigenvalue weighted by molar-refractivity contribution is 5.95. The molecule has 7 nitrogen and oxygen atoms in total. The Balaban J connectivity index is 1.68. The lowest BCUT2D eigenvalue weighted by molar-refractivity contribution is -0.126. The van der Waals surface area contributed by atoms with Crippen molar-refractivity contribution in [3.05, 3.63) is 47.9 Å². The van der Waals surface area contributed by atoms with Gasteiger partial charge in [-0.3, -0.25) is 9.59 Å². The standard InChI is InChI=1S/C19H22N2O5/c1-25-15-8-4-6-13(17(15)22)12-20-18(23)14-7-2-3-10-21(14)19(24)16-9-5-11-26-16/h4-6,8-9,11,14,22H,2-3,7,10,12H2,1H3,(H,20,23). The molecule has 1 unspecified atom stereocenters. The Hall–Kier alpha value is -2.96. The summed E-state index contributed by atoms with van der Waals surface area (Å²) in [5, 5.41) is 12.9. The summed E-state index contributed by atoms with van der Waals surface area (Å²) in [7, 11) is 1.47. The van der Waals surface area contributed by atoms with Crippen LogP contribution in [0.25, 0.3) is 0 Å². The second-order valence-electron chi connectivity index (χ2n) is 6.17. The summed E-state index contributed by atoms with van der Waals surface area (Å²) in [6, 6.07) is 7.80. The molecule has 1 saturated heterocycles. The third-order valence-electron chi connectivity index (χ3n) is 4.55.